The van der Waals surface area contributed by atoms with Crippen molar-refractivity contribution in [2.24, 2.45) is 0 Å². The number of amides is 1. The van der Waals surface area contributed by atoms with Gasteiger partial charge in [0.15, 0.2) is 0 Å². The maximum absolute atomic E-state index is 14.3. The van der Waals surface area contributed by atoms with Gasteiger partial charge in [0.25, 0.3) is 5.56 Å². The number of halogens is 1. The normalized spacial score (nSPS) is 15.6. The highest BCUT2D eigenvalue weighted by Gasteiger charge is 2.23. The van der Waals surface area contributed by atoms with E-state index in [4.69, 9.17) is 14.9 Å². The van der Waals surface area contributed by atoms with Crippen molar-refractivity contribution in [1.29, 1.82) is 0 Å². The molecule has 2 aromatic carbocycles. The zero-order valence-electron chi connectivity index (χ0n) is 26.8. The lowest BCUT2D eigenvalue weighted by Crippen LogP contribution is -2.43. The molecule has 1 aliphatic rings. The highest BCUT2D eigenvalue weighted by molar-refractivity contribution is 7.21. The number of hydrogen-bond acceptors (Lipinski definition) is 9. The number of aliphatic hydroxyl groups excluding tert-OH is 2. The Morgan fingerprint density at radius 1 is 1.02 bits per heavy atom. The Labute approximate surface area is 287 Å². The van der Waals surface area contributed by atoms with Gasteiger partial charge in [0.1, 0.15) is 34.5 Å². The molecule has 0 aliphatic heterocycles. The summed E-state index contributed by atoms with van der Waals surface area (Å²) in [6.07, 6.45) is 6.11. The Morgan fingerprint density at radius 3 is 2.31 bits per heavy atom. The van der Waals surface area contributed by atoms with Crippen LogP contribution < -0.4 is 21.3 Å². The van der Waals surface area contributed by atoms with Crippen molar-refractivity contribution in [3.8, 4) is 10.8 Å². The second-order valence-electron chi connectivity index (χ2n) is 11.5. The maximum Gasteiger partial charge on any atom is 0.332 e. The highest BCUT2D eigenvalue weighted by Crippen LogP contribution is 2.31. The topological polar surface area (TPSA) is 154 Å². The van der Waals surface area contributed by atoms with Gasteiger partial charge in [0.05, 0.1) is 30.0 Å². The molecule has 5 aromatic rings. The first kappa shape index (κ1) is 37.2. The molecule has 0 radical (unpaired) electrons. The third-order valence-electron chi connectivity index (χ3n) is 8.08. The number of fused-ring (bicyclic) bond motifs is 1. The van der Waals surface area contributed by atoms with Crippen molar-refractivity contribution in [2.75, 3.05) is 6.54 Å². The molecule has 12 nitrogen and oxygen atoms in total. The zero-order valence-corrected chi connectivity index (χ0v) is 27.7. The molecule has 49 heavy (non-hydrogen) atoms. The number of carbonyl (C=O) groups is 1. The minimum Gasteiger partial charge on any atom is -0.489 e. The van der Waals surface area contributed by atoms with Crippen molar-refractivity contribution in [1.82, 2.24) is 29.4 Å². The number of aliphatic hydroxyl groups is 2. The molecule has 0 saturated heterocycles. The van der Waals surface area contributed by atoms with Crippen LogP contribution in [-0.4, -0.2) is 59.0 Å². The number of nitrogens with one attached hydrogen (secondary N) is 1. The first-order valence-corrected chi connectivity index (χ1v) is 16.7. The Hall–Kier alpha value is -4.66. The Bertz CT molecular complexity index is 1940. The molecule has 1 aliphatic carbocycles. The van der Waals surface area contributed by atoms with Crippen LogP contribution in [0.25, 0.3) is 15.2 Å². The van der Waals surface area contributed by atoms with Crippen molar-refractivity contribution >= 4 is 27.5 Å². The Kier molecular flexibility index (Phi) is 13.0. The summed E-state index contributed by atoms with van der Waals surface area (Å²) < 4.78 is 22.7. The van der Waals surface area contributed by atoms with Gasteiger partial charge in [0.2, 0.25) is 5.91 Å². The first-order valence-electron chi connectivity index (χ1n) is 15.9. The highest BCUT2D eigenvalue weighted by atomic mass is 32.1. The summed E-state index contributed by atoms with van der Waals surface area (Å²) in [6, 6.07) is 13.9. The molecule has 1 fully saturated rings. The number of carbonyl (C=O) groups excluding carboxylic acids is 1. The summed E-state index contributed by atoms with van der Waals surface area (Å²) in [5, 5.41) is 29.7. The smallest absolute Gasteiger partial charge is 0.332 e. The molecular formula is C35H43FN6O6S. The second-order valence-corrected chi connectivity index (χ2v) is 12.5. The van der Waals surface area contributed by atoms with Crippen LogP contribution in [0.2, 0.25) is 0 Å². The average molecular weight is 695 g/mol. The molecule has 1 saturated carbocycles. The number of hydrogen-bond donors (Lipinski definition) is 3. The molecule has 3 heterocycles. The lowest BCUT2D eigenvalue weighted by atomic mass is 9.95. The van der Waals surface area contributed by atoms with Gasteiger partial charge in [0, 0.05) is 18.7 Å². The number of ether oxygens (including phenoxy) is 1. The number of thiophene rings is 1. The van der Waals surface area contributed by atoms with Gasteiger partial charge in [-0.25, -0.2) is 9.18 Å². The Balaban J connectivity index is 0.000000529. The minimum absolute atomic E-state index is 0. The van der Waals surface area contributed by atoms with Crippen molar-refractivity contribution in [2.45, 2.75) is 85.3 Å². The number of rotatable bonds is 10. The molecule has 0 spiro atoms. The van der Waals surface area contributed by atoms with Gasteiger partial charge in [-0.2, -0.15) is 10.2 Å². The number of benzene rings is 2. The third-order valence-corrected chi connectivity index (χ3v) is 9.36. The number of aryl methyl sites for hydroxylation is 3. The van der Waals surface area contributed by atoms with Gasteiger partial charge in [-0.15, -0.1) is 4.80 Å². The predicted octanol–water partition coefficient (Wildman–Crippen LogP) is 4.13. The summed E-state index contributed by atoms with van der Waals surface area (Å²) in [7, 11) is 0. The van der Waals surface area contributed by atoms with Gasteiger partial charge in [-0.05, 0) is 75.3 Å². The number of nitrogens with zero attached hydrogens (tertiary/aromatic N) is 5. The molecule has 262 valence electrons. The van der Waals surface area contributed by atoms with Crippen LogP contribution in [0.4, 0.5) is 4.39 Å². The summed E-state index contributed by atoms with van der Waals surface area (Å²) in [5.41, 5.74) is 0.930. The number of likely N-dealkylation sites (N-methyl/N-ethyl adjacent to an activating group) is 1. The van der Waals surface area contributed by atoms with Crippen molar-refractivity contribution < 1.29 is 24.1 Å². The molecular weight excluding hydrogens is 651 g/mol. The van der Waals surface area contributed by atoms with Crippen LogP contribution in [0.15, 0.2) is 70.5 Å². The molecule has 0 atom stereocenters. The predicted molar refractivity (Wildman–Crippen MR) is 187 cm³/mol. The van der Waals surface area contributed by atoms with E-state index in [1.54, 1.807) is 19.9 Å². The van der Waals surface area contributed by atoms with E-state index in [-0.39, 0.29) is 32.6 Å². The standard InChI is InChI=1S/C28H27FN6O4S.C6H12O2.CH4/c1-3-30-23(36)16-34-25(37)24-18(2)26(35-31-12-13-32-35)40-27(24)33(28(34)38)14-11-20-15-21(29)9-10-22(20)39-17-19-7-5-4-6-8-19;7-5-1-2-6(8)4-3-5;/h4-10,12-13,15H,3,11,14,16-17H2,1-2H3,(H,30,36);5-8H,1-4H2;1H4. The average Bonchev–Trinajstić information content (AvgIpc) is 3.73. The number of aromatic nitrogens is 5. The van der Waals surface area contributed by atoms with E-state index in [0.717, 1.165) is 35.8 Å². The van der Waals surface area contributed by atoms with Gasteiger partial charge in [-0.3, -0.25) is 18.7 Å². The van der Waals surface area contributed by atoms with Gasteiger partial charge < -0.3 is 20.3 Å². The SMILES string of the molecule is C.CCNC(=O)Cn1c(=O)c2c(C)c(-n3nccn3)sc2n(CCc2cc(F)ccc2OCc2ccccc2)c1=O.OC1CCC(O)CC1. The van der Waals surface area contributed by atoms with Gasteiger partial charge in [-0.1, -0.05) is 49.1 Å². The molecule has 3 aromatic heterocycles. The van der Waals surface area contributed by atoms with E-state index in [0.29, 0.717) is 45.2 Å². The van der Waals surface area contributed by atoms with E-state index in [9.17, 15) is 18.8 Å². The lowest BCUT2D eigenvalue weighted by Gasteiger charge is -2.20. The van der Waals surface area contributed by atoms with E-state index in [2.05, 4.69) is 15.5 Å². The maximum atomic E-state index is 14.3. The monoisotopic (exact) mass is 694 g/mol. The van der Waals surface area contributed by atoms with E-state index in [1.165, 1.54) is 45.2 Å². The van der Waals surface area contributed by atoms with E-state index >= 15 is 0 Å². The van der Waals surface area contributed by atoms with E-state index in [1.807, 2.05) is 30.3 Å². The van der Waals surface area contributed by atoms with E-state index < -0.39 is 29.5 Å². The molecule has 6 rings (SSSR count). The fourth-order valence-electron chi connectivity index (χ4n) is 5.54. The molecule has 0 unspecified atom stereocenters. The van der Waals surface area contributed by atoms with Crippen LogP contribution >= 0.6 is 11.3 Å². The summed E-state index contributed by atoms with van der Waals surface area (Å²) in [6.45, 7) is 3.87. The zero-order chi connectivity index (χ0) is 34.2. The first-order chi connectivity index (χ1) is 23.2. The summed E-state index contributed by atoms with van der Waals surface area (Å²) in [4.78, 5) is 41.4. The third kappa shape index (κ3) is 9.08. The van der Waals surface area contributed by atoms with Crippen LogP contribution in [0.3, 0.4) is 0 Å². The quantitative estimate of drug-likeness (QED) is 0.197. The Morgan fingerprint density at radius 2 is 1.67 bits per heavy atom. The fraction of sp³-hybridized carbons (Fsp3) is 0.400. The van der Waals surface area contributed by atoms with Crippen LogP contribution in [-0.2, 0) is 30.9 Å². The van der Waals surface area contributed by atoms with Gasteiger partial charge >= 0.3 is 5.69 Å². The van der Waals surface area contributed by atoms with Crippen LogP contribution in [0.1, 0.15) is 56.7 Å². The lowest BCUT2D eigenvalue weighted by molar-refractivity contribution is -0.121. The molecule has 14 heteroatoms. The molecule has 3 N–H and O–H groups in total. The molecule has 1 amide bonds. The van der Waals surface area contributed by atoms with Crippen molar-refractivity contribution in [3.05, 3.63) is 104 Å². The van der Waals surface area contributed by atoms with Crippen molar-refractivity contribution in [3.63, 3.8) is 0 Å². The molecule has 0 bridgehead atoms. The summed E-state index contributed by atoms with van der Waals surface area (Å²) >= 11 is 1.21. The fourth-order valence-corrected chi connectivity index (χ4v) is 6.77. The minimum atomic E-state index is -0.631. The largest absolute Gasteiger partial charge is 0.489 e. The summed E-state index contributed by atoms with van der Waals surface area (Å²) in [5.74, 6) is -0.384. The van der Waals surface area contributed by atoms with Crippen LogP contribution in [0, 0.1) is 12.7 Å². The second kappa shape index (κ2) is 17.1. The van der Waals surface area contributed by atoms with Crippen LogP contribution in [0.5, 0.6) is 5.75 Å².